The predicted octanol–water partition coefficient (Wildman–Crippen LogP) is 2.55. The van der Waals surface area contributed by atoms with E-state index in [0.717, 1.165) is 51.2 Å². The SMILES string of the molecule is Cc1ccc(C(N)C(=O)N2CCC(N3CCOC(C)C3)CC2)cc1.Cl.Cl. The summed E-state index contributed by atoms with van der Waals surface area (Å²) in [5, 5.41) is 0. The number of carbonyl (C=O) groups is 1. The van der Waals surface area contributed by atoms with Crippen LogP contribution in [0.1, 0.15) is 36.9 Å². The molecule has 0 aromatic heterocycles. The molecule has 2 heterocycles. The second-order valence-electron chi connectivity index (χ2n) is 7.12. The maximum absolute atomic E-state index is 12.7. The van der Waals surface area contributed by atoms with Gasteiger partial charge in [0.1, 0.15) is 6.04 Å². The number of ether oxygens (including phenoxy) is 1. The van der Waals surface area contributed by atoms with E-state index in [1.165, 1.54) is 5.56 Å². The topological polar surface area (TPSA) is 58.8 Å². The number of halogens is 2. The number of piperidine rings is 1. The lowest BCUT2D eigenvalue weighted by molar-refractivity contribution is -0.134. The number of benzene rings is 1. The van der Waals surface area contributed by atoms with Crippen LogP contribution in [-0.4, -0.2) is 60.6 Å². The van der Waals surface area contributed by atoms with E-state index in [1.807, 2.05) is 36.1 Å². The molecule has 5 nitrogen and oxygen atoms in total. The number of hydrogen-bond donors (Lipinski definition) is 1. The van der Waals surface area contributed by atoms with E-state index in [4.69, 9.17) is 10.5 Å². The maximum Gasteiger partial charge on any atom is 0.244 e. The standard InChI is InChI=1S/C19H29N3O2.2ClH/c1-14-3-5-16(6-4-14)18(20)19(23)21-9-7-17(8-10-21)22-11-12-24-15(2)13-22;;/h3-6,15,17-18H,7-13,20H2,1-2H3;2*1H. The zero-order valence-electron chi connectivity index (χ0n) is 15.6. The Morgan fingerprint density at radius 3 is 2.35 bits per heavy atom. The summed E-state index contributed by atoms with van der Waals surface area (Å²) in [6, 6.07) is 7.95. The number of amides is 1. The molecule has 2 aliphatic heterocycles. The first-order valence-corrected chi connectivity index (χ1v) is 9.01. The lowest BCUT2D eigenvalue weighted by Crippen LogP contribution is -2.52. The van der Waals surface area contributed by atoms with Crippen molar-refractivity contribution < 1.29 is 9.53 Å². The first-order chi connectivity index (χ1) is 11.5. The first-order valence-electron chi connectivity index (χ1n) is 9.01. The third-order valence-electron chi connectivity index (χ3n) is 5.27. The number of morpholine rings is 1. The average molecular weight is 404 g/mol. The fourth-order valence-electron chi connectivity index (χ4n) is 3.74. The molecule has 2 aliphatic rings. The number of nitrogens with zero attached hydrogens (tertiary/aromatic N) is 2. The highest BCUT2D eigenvalue weighted by atomic mass is 35.5. The molecule has 0 spiro atoms. The Kier molecular flexibility index (Phi) is 9.34. The smallest absolute Gasteiger partial charge is 0.244 e. The zero-order chi connectivity index (χ0) is 17.1. The van der Waals surface area contributed by atoms with Crippen molar-refractivity contribution >= 4 is 30.7 Å². The van der Waals surface area contributed by atoms with Crippen LogP contribution in [0.25, 0.3) is 0 Å². The molecule has 26 heavy (non-hydrogen) atoms. The van der Waals surface area contributed by atoms with Gasteiger partial charge in [-0.05, 0) is 32.3 Å². The zero-order valence-corrected chi connectivity index (χ0v) is 17.2. The van der Waals surface area contributed by atoms with Gasteiger partial charge >= 0.3 is 0 Å². The number of rotatable bonds is 3. The molecule has 3 rings (SSSR count). The summed E-state index contributed by atoms with van der Waals surface area (Å²) in [4.78, 5) is 17.1. The second kappa shape index (κ2) is 10.5. The van der Waals surface area contributed by atoms with E-state index in [-0.39, 0.29) is 30.7 Å². The number of aryl methyl sites for hydroxylation is 1. The van der Waals surface area contributed by atoms with Crippen LogP contribution >= 0.6 is 24.8 Å². The molecule has 2 N–H and O–H groups in total. The molecular weight excluding hydrogens is 373 g/mol. The van der Waals surface area contributed by atoms with Crippen LogP contribution < -0.4 is 5.73 Å². The van der Waals surface area contributed by atoms with E-state index >= 15 is 0 Å². The molecule has 2 unspecified atom stereocenters. The minimum absolute atomic E-state index is 0. The Morgan fingerprint density at radius 1 is 1.15 bits per heavy atom. The van der Waals surface area contributed by atoms with Gasteiger partial charge in [0, 0.05) is 32.2 Å². The normalized spacial score (nSPS) is 22.9. The van der Waals surface area contributed by atoms with E-state index < -0.39 is 6.04 Å². The van der Waals surface area contributed by atoms with Gasteiger partial charge in [-0.3, -0.25) is 9.69 Å². The van der Waals surface area contributed by atoms with E-state index in [1.54, 1.807) is 0 Å². The highest BCUT2D eigenvalue weighted by Gasteiger charge is 2.31. The number of hydrogen-bond acceptors (Lipinski definition) is 4. The van der Waals surface area contributed by atoms with Crippen LogP contribution in [0.15, 0.2) is 24.3 Å². The largest absolute Gasteiger partial charge is 0.376 e. The number of likely N-dealkylation sites (tertiary alicyclic amines) is 1. The molecule has 0 aliphatic carbocycles. The summed E-state index contributed by atoms with van der Waals surface area (Å²) in [6.45, 7) is 8.59. The van der Waals surface area contributed by atoms with Crippen molar-refractivity contribution in [2.45, 2.75) is 44.9 Å². The lowest BCUT2D eigenvalue weighted by Gasteiger charge is -2.42. The van der Waals surface area contributed by atoms with Gasteiger partial charge in [0.15, 0.2) is 0 Å². The molecule has 1 aromatic carbocycles. The van der Waals surface area contributed by atoms with Crippen molar-refractivity contribution in [3.05, 3.63) is 35.4 Å². The second-order valence-corrected chi connectivity index (χ2v) is 7.12. The molecule has 0 bridgehead atoms. The first kappa shape index (κ1) is 23.2. The molecule has 2 atom stereocenters. The molecule has 2 saturated heterocycles. The molecular formula is C19H31Cl2N3O2. The monoisotopic (exact) mass is 403 g/mol. The summed E-state index contributed by atoms with van der Waals surface area (Å²) in [6.07, 6.45) is 2.37. The highest BCUT2D eigenvalue weighted by molar-refractivity contribution is 5.85. The lowest BCUT2D eigenvalue weighted by atomic mass is 9.99. The molecule has 148 valence electrons. The van der Waals surface area contributed by atoms with Crippen LogP contribution in [-0.2, 0) is 9.53 Å². The minimum Gasteiger partial charge on any atom is -0.376 e. The number of nitrogens with two attached hydrogens (primary N) is 1. The molecule has 1 aromatic rings. The highest BCUT2D eigenvalue weighted by Crippen LogP contribution is 2.22. The molecule has 7 heteroatoms. The van der Waals surface area contributed by atoms with Crippen molar-refractivity contribution in [2.75, 3.05) is 32.8 Å². The third kappa shape index (κ3) is 5.57. The van der Waals surface area contributed by atoms with Crippen LogP contribution in [0.2, 0.25) is 0 Å². The van der Waals surface area contributed by atoms with Crippen LogP contribution in [0.4, 0.5) is 0 Å². The number of carbonyl (C=O) groups excluding carboxylic acids is 1. The van der Waals surface area contributed by atoms with Gasteiger partial charge in [0.25, 0.3) is 0 Å². The summed E-state index contributed by atoms with van der Waals surface area (Å²) < 4.78 is 5.62. The summed E-state index contributed by atoms with van der Waals surface area (Å²) in [5.74, 6) is 0.0487. The van der Waals surface area contributed by atoms with Gasteiger partial charge in [-0.1, -0.05) is 29.8 Å². The van der Waals surface area contributed by atoms with Crippen molar-refractivity contribution in [1.29, 1.82) is 0 Å². The van der Waals surface area contributed by atoms with Gasteiger partial charge < -0.3 is 15.4 Å². The maximum atomic E-state index is 12.7. The minimum atomic E-state index is -0.550. The summed E-state index contributed by atoms with van der Waals surface area (Å²) >= 11 is 0. The quantitative estimate of drug-likeness (QED) is 0.841. The fraction of sp³-hybridized carbons (Fsp3) is 0.632. The van der Waals surface area contributed by atoms with Crippen molar-refractivity contribution in [1.82, 2.24) is 9.80 Å². The van der Waals surface area contributed by atoms with Gasteiger partial charge in [0.05, 0.1) is 12.7 Å². The van der Waals surface area contributed by atoms with Crippen molar-refractivity contribution in [2.24, 2.45) is 5.73 Å². The Labute approximate surface area is 169 Å². The van der Waals surface area contributed by atoms with Crippen molar-refractivity contribution in [3.63, 3.8) is 0 Å². The van der Waals surface area contributed by atoms with Gasteiger partial charge in [-0.15, -0.1) is 24.8 Å². The Bertz CT molecular complexity index is 562. The molecule has 1 amide bonds. The Balaban J connectivity index is 0.00000169. The van der Waals surface area contributed by atoms with Gasteiger partial charge in [-0.25, -0.2) is 0 Å². The molecule has 0 radical (unpaired) electrons. The van der Waals surface area contributed by atoms with E-state index in [2.05, 4.69) is 11.8 Å². The van der Waals surface area contributed by atoms with Crippen LogP contribution in [0.5, 0.6) is 0 Å². The Morgan fingerprint density at radius 2 is 1.77 bits per heavy atom. The Hall–Kier alpha value is -0.850. The predicted molar refractivity (Wildman–Crippen MR) is 109 cm³/mol. The van der Waals surface area contributed by atoms with Crippen molar-refractivity contribution in [3.8, 4) is 0 Å². The van der Waals surface area contributed by atoms with Gasteiger partial charge in [-0.2, -0.15) is 0 Å². The molecule has 2 fully saturated rings. The van der Waals surface area contributed by atoms with E-state index in [9.17, 15) is 4.79 Å². The average Bonchev–Trinajstić information content (AvgIpc) is 2.61. The van der Waals surface area contributed by atoms with Crippen LogP contribution in [0.3, 0.4) is 0 Å². The third-order valence-corrected chi connectivity index (χ3v) is 5.27. The van der Waals surface area contributed by atoms with Gasteiger partial charge in [0.2, 0.25) is 5.91 Å². The van der Waals surface area contributed by atoms with Crippen LogP contribution in [0, 0.1) is 6.92 Å². The fourth-order valence-corrected chi connectivity index (χ4v) is 3.74. The van der Waals surface area contributed by atoms with E-state index in [0.29, 0.717) is 12.1 Å². The summed E-state index contributed by atoms with van der Waals surface area (Å²) in [7, 11) is 0. The summed E-state index contributed by atoms with van der Waals surface area (Å²) in [5.41, 5.74) is 8.27. The molecule has 0 saturated carbocycles.